The number of carbonyl (C=O) groups is 1. The maximum absolute atomic E-state index is 11.5. The van der Waals surface area contributed by atoms with Crippen molar-refractivity contribution in [3.63, 3.8) is 0 Å². The highest BCUT2D eigenvalue weighted by Gasteiger charge is 2.11. The van der Waals surface area contributed by atoms with E-state index < -0.39 is 0 Å². The molecule has 0 aliphatic heterocycles. The lowest BCUT2D eigenvalue weighted by Gasteiger charge is -2.17. The first-order valence-electron chi connectivity index (χ1n) is 5.73. The largest absolute Gasteiger partial charge is 0.396 e. The topological polar surface area (TPSA) is 49.3 Å². The van der Waals surface area contributed by atoms with E-state index in [2.05, 4.69) is 5.32 Å². The second-order valence-electron chi connectivity index (χ2n) is 3.77. The third kappa shape index (κ3) is 4.03. The Morgan fingerprint density at radius 2 is 2.06 bits per heavy atom. The zero-order valence-corrected chi connectivity index (χ0v) is 9.65. The van der Waals surface area contributed by atoms with Crippen LogP contribution >= 0.6 is 0 Å². The Morgan fingerprint density at radius 1 is 1.38 bits per heavy atom. The van der Waals surface area contributed by atoms with Crippen LogP contribution in [0.2, 0.25) is 0 Å². The van der Waals surface area contributed by atoms with Crippen LogP contribution in [0, 0.1) is 0 Å². The van der Waals surface area contributed by atoms with Gasteiger partial charge in [-0.15, -0.1) is 0 Å². The molecule has 3 nitrogen and oxygen atoms in total. The van der Waals surface area contributed by atoms with Crippen molar-refractivity contribution in [2.45, 2.75) is 32.2 Å². The number of nitrogens with one attached hydrogen (secondary N) is 1. The maximum Gasteiger partial charge on any atom is 0.220 e. The summed E-state index contributed by atoms with van der Waals surface area (Å²) in [4.78, 5) is 11.5. The molecule has 1 rings (SSSR count). The molecule has 0 radical (unpaired) electrons. The average Bonchev–Trinajstić information content (AvgIpc) is 2.34. The van der Waals surface area contributed by atoms with Gasteiger partial charge in [-0.1, -0.05) is 37.3 Å². The van der Waals surface area contributed by atoms with Crippen LogP contribution in [0.3, 0.4) is 0 Å². The Bertz CT molecular complexity index is 311. The van der Waals surface area contributed by atoms with Gasteiger partial charge < -0.3 is 10.4 Å². The Morgan fingerprint density at radius 3 is 2.62 bits per heavy atom. The first kappa shape index (κ1) is 12.7. The molecule has 0 aliphatic rings. The van der Waals surface area contributed by atoms with Crippen LogP contribution in [0.25, 0.3) is 0 Å². The van der Waals surface area contributed by atoms with E-state index in [1.807, 2.05) is 37.3 Å². The average molecular weight is 221 g/mol. The summed E-state index contributed by atoms with van der Waals surface area (Å²) in [6.45, 7) is 2.11. The molecule has 1 aromatic rings. The van der Waals surface area contributed by atoms with Crippen molar-refractivity contribution in [2.24, 2.45) is 0 Å². The van der Waals surface area contributed by atoms with E-state index in [0.29, 0.717) is 12.8 Å². The highest BCUT2D eigenvalue weighted by molar-refractivity contribution is 5.76. The second kappa shape index (κ2) is 7.01. The van der Waals surface area contributed by atoms with E-state index in [0.717, 1.165) is 12.0 Å². The minimum Gasteiger partial charge on any atom is -0.396 e. The molecular formula is C13H19NO2. The summed E-state index contributed by atoms with van der Waals surface area (Å²) < 4.78 is 0. The SMILES string of the molecule is CCC(NC(=O)CCCO)c1ccccc1. The Hall–Kier alpha value is -1.35. The second-order valence-corrected chi connectivity index (χ2v) is 3.77. The minimum absolute atomic E-state index is 0.00440. The summed E-state index contributed by atoms with van der Waals surface area (Å²) in [5.74, 6) is 0.00440. The molecule has 0 aliphatic carbocycles. The highest BCUT2D eigenvalue weighted by atomic mass is 16.3. The van der Waals surface area contributed by atoms with Gasteiger partial charge in [0.1, 0.15) is 0 Å². The molecule has 1 unspecified atom stereocenters. The van der Waals surface area contributed by atoms with Gasteiger partial charge in [0, 0.05) is 13.0 Å². The van der Waals surface area contributed by atoms with Gasteiger partial charge in [-0.05, 0) is 18.4 Å². The Kier molecular flexibility index (Phi) is 5.57. The number of hydrogen-bond donors (Lipinski definition) is 2. The standard InChI is InChI=1S/C13H19NO2/c1-2-12(11-7-4-3-5-8-11)14-13(16)9-6-10-15/h3-5,7-8,12,15H,2,6,9-10H2,1H3,(H,14,16). The van der Waals surface area contributed by atoms with Crippen molar-refractivity contribution in [2.75, 3.05) is 6.61 Å². The fourth-order valence-corrected chi connectivity index (χ4v) is 1.61. The van der Waals surface area contributed by atoms with Crippen molar-refractivity contribution in [3.05, 3.63) is 35.9 Å². The van der Waals surface area contributed by atoms with E-state index in [9.17, 15) is 4.79 Å². The Balaban J connectivity index is 2.52. The molecular weight excluding hydrogens is 202 g/mol. The van der Waals surface area contributed by atoms with Gasteiger partial charge in [0.05, 0.1) is 6.04 Å². The third-order valence-electron chi connectivity index (χ3n) is 2.51. The summed E-state index contributed by atoms with van der Waals surface area (Å²) in [5, 5.41) is 11.6. The van der Waals surface area contributed by atoms with Crippen molar-refractivity contribution in [1.29, 1.82) is 0 Å². The fraction of sp³-hybridized carbons (Fsp3) is 0.462. The molecule has 1 amide bonds. The molecule has 0 saturated heterocycles. The molecule has 3 heteroatoms. The number of benzene rings is 1. The number of aliphatic hydroxyl groups is 1. The summed E-state index contributed by atoms with van der Waals surface area (Å²) in [7, 11) is 0. The first-order chi connectivity index (χ1) is 7.77. The van der Waals surface area contributed by atoms with Crippen LogP contribution in [-0.2, 0) is 4.79 Å². The molecule has 0 spiro atoms. The van der Waals surface area contributed by atoms with E-state index in [-0.39, 0.29) is 18.6 Å². The van der Waals surface area contributed by atoms with Crippen LogP contribution < -0.4 is 5.32 Å². The molecule has 0 fully saturated rings. The van der Waals surface area contributed by atoms with Gasteiger partial charge in [0.25, 0.3) is 0 Å². The lowest BCUT2D eigenvalue weighted by molar-refractivity contribution is -0.122. The van der Waals surface area contributed by atoms with Crippen LogP contribution in [0.4, 0.5) is 0 Å². The molecule has 2 N–H and O–H groups in total. The lowest BCUT2D eigenvalue weighted by atomic mass is 10.0. The molecule has 1 atom stereocenters. The van der Waals surface area contributed by atoms with Crippen LogP contribution in [0.15, 0.2) is 30.3 Å². The number of amides is 1. The molecule has 0 aromatic heterocycles. The van der Waals surface area contributed by atoms with Gasteiger partial charge in [-0.2, -0.15) is 0 Å². The number of hydrogen-bond acceptors (Lipinski definition) is 2. The van der Waals surface area contributed by atoms with Crippen molar-refractivity contribution in [3.8, 4) is 0 Å². The third-order valence-corrected chi connectivity index (χ3v) is 2.51. The van der Waals surface area contributed by atoms with Crippen molar-refractivity contribution >= 4 is 5.91 Å². The number of aliphatic hydroxyl groups excluding tert-OH is 1. The molecule has 16 heavy (non-hydrogen) atoms. The van der Waals surface area contributed by atoms with Crippen molar-refractivity contribution in [1.82, 2.24) is 5.32 Å². The number of carbonyl (C=O) groups excluding carboxylic acids is 1. The van der Waals surface area contributed by atoms with Crippen LogP contribution in [0.5, 0.6) is 0 Å². The zero-order valence-electron chi connectivity index (χ0n) is 9.65. The van der Waals surface area contributed by atoms with Crippen LogP contribution in [0.1, 0.15) is 37.8 Å². The lowest BCUT2D eigenvalue weighted by Crippen LogP contribution is -2.28. The van der Waals surface area contributed by atoms with Crippen molar-refractivity contribution < 1.29 is 9.90 Å². The fourth-order valence-electron chi connectivity index (χ4n) is 1.61. The van der Waals surface area contributed by atoms with Gasteiger partial charge in [0.2, 0.25) is 5.91 Å². The summed E-state index contributed by atoms with van der Waals surface area (Å²) in [6.07, 6.45) is 1.78. The van der Waals surface area contributed by atoms with Gasteiger partial charge in [-0.25, -0.2) is 0 Å². The van der Waals surface area contributed by atoms with E-state index >= 15 is 0 Å². The highest BCUT2D eigenvalue weighted by Crippen LogP contribution is 2.15. The van der Waals surface area contributed by atoms with E-state index in [1.54, 1.807) is 0 Å². The van der Waals surface area contributed by atoms with Gasteiger partial charge in [-0.3, -0.25) is 4.79 Å². The predicted octanol–water partition coefficient (Wildman–Crippen LogP) is 2.03. The predicted molar refractivity (Wildman–Crippen MR) is 63.9 cm³/mol. The maximum atomic E-state index is 11.5. The zero-order chi connectivity index (χ0) is 11.8. The summed E-state index contributed by atoms with van der Waals surface area (Å²) >= 11 is 0. The van der Waals surface area contributed by atoms with Gasteiger partial charge in [0.15, 0.2) is 0 Å². The Labute approximate surface area is 96.5 Å². The quantitative estimate of drug-likeness (QED) is 0.772. The molecule has 1 aromatic carbocycles. The van der Waals surface area contributed by atoms with Crippen LogP contribution in [-0.4, -0.2) is 17.6 Å². The van der Waals surface area contributed by atoms with E-state index in [1.165, 1.54) is 0 Å². The normalized spacial score (nSPS) is 12.1. The molecule has 0 bridgehead atoms. The van der Waals surface area contributed by atoms with E-state index in [4.69, 9.17) is 5.11 Å². The van der Waals surface area contributed by atoms with Gasteiger partial charge >= 0.3 is 0 Å². The smallest absolute Gasteiger partial charge is 0.220 e. The summed E-state index contributed by atoms with van der Waals surface area (Å²) in [6, 6.07) is 10.0. The molecule has 0 heterocycles. The molecule has 0 saturated carbocycles. The summed E-state index contributed by atoms with van der Waals surface area (Å²) in [5.41, 5.74) is 1.13. The first-order valence-corrected chi connectivity index (χ1v) is 5.73. The number of rotatable bonds is 6. The monoisotopic (exact) mass is 221 g/mol. The minimum atomic E-state index is 0.00440. The molecule has 88 valence electrons.